The number of thiazole rings is 6. The van der Waals surface area contributed by atoms with Gasteiger partial charge in [0, 0.05) is 121 Å². The topological polar surface area (TPSA) is 501 Å². The van der Waals surface area contributed by atoms with Gasteiger partial charge in [-0.15, -0.1) is 68.0 Å². The van der Waals surface area contributed by atoms with E-state index < -0.39 is 98.8 Å². The van der Waals surface area contributed by atoms with Crippen LogP contribution in [0, 0.1) is 0 Å². The first-order valence-electron chi connectivity index (χ1n) is 38.7. The highest BCUT2D eigenvalue weighted by Crippen LogP contribution is 2.30. The van der Waals surface area contributed by atoms with Crippen LogP contribution in [-0.4, -0.2) is 206 Å². The number of benzene rings is 4. The zero-order valence-corrected chi connectivity index (χ0v) is 87.2. The number of nitrogens with two attached hydrogens (primary N) is 3. The second-order valence-corrected chi connectivity index (χ2v) is 50.8. The van der Waals surface area contributed by atoms with Crippen LogP contribution in [0.4, 0.5) is 0 Å². The molecule has 0 radical (unpaired) electrons. The monoisotopic (exact) mass is 2180 g/mol. The molecule has 0 aliphatic carbocycles. The molecule has 4 aromatic carbocycles. The lowest BCUT2D eigenvalue weighted by molar-refractivity contribution is 0.0974. The highest BCUT2D eigenvalue weighted by atomic mass is 32.2. The highest BCUT2D eigenvalue weighted by Gasteiger charge is 2.40. The number of amides is 1. The number of carbonyl (C=O) groups is 2. The number of nitrogens with zero attached hydrogens (tertiary/aromatic N) is 9. The maximum absolute atomic E-state index is 12.6. The fourth-order valence-corrected chi connectivity index (χ4v) is 21.6. The number of nitrogens with one attached hydrogen (secondary N) is 5. The van der Waals surface area contributed by atoms with Gasteiger partial charge >= 0.3 is 0 Å². The Bertz CT molecular complexity index is 5660. The zero-order valence-electron chi connectivity index (χ0n) is 75.8. The van der Waals surface area contributed by atoms with Crippen molar-refractivity contribution in [3.63, 3.8) is 0 Å². The van der Waals surface area contributed by atoms with E-state index in [2.05, 4.69) is 59.1 Å². The largest absolute Gasteiger partial charge is 0.497 e. The first kappa shape index (κ1) is 140. The molecule has 34 nitrogen and oxygen atoms in total. The van der Waals surface area contributed by atoms with E-state index in [1.807, 2.05) is 115 Å². The van der Waals surface area contributed by atoms with Crippen LogP contribution in [0.15, 0.2) is 177 Å². The Morgan fingerprint density at radius 2 is 0.839 bits per heavy atom. The Morgan fingerprint density at radius 3 is 1.17 bits per heavy atom. The lowest BCUT2D eigenvalue weighted by Crippen LogP contribution is -2.53. The van der Waals surface area contributed by atoms with E-state index >= 15 is 0 Å². The van der Waals surface area contributed by atoms with Crippen molar-refractivity contribution in [1.82, 2.24) is 63.3 Å². The molecule has 778 valence electrons. The van der Waals surface area contributed by atoms with Gasteiger partial charge in [0.15, 0.2) is 25.7 Å². The minimum absolute atomic E-state index is 0. The van der Waals surface area contributed by atoms with Crippen molar-refractivity contribution in [1.29, 1.82) is 0 Å². The smallest absolute Gasteiger partial charge is 0.257 e. The summed E-state index contributed by atoms with van der Waals surface area (Å²) in [6.45, 7) is 24.2. The summed E-state index contributed by atoms with van der Waals surface area (Å²) in [6, 6.07) is 30.9. The molecule has 48 heteroatoms. The van der Waals surface area contributed by atoms with Gasteiger partial charge in [-0.3, -0.25) is 14.9 Å². The predicted octanol–water partition coefficient (Wildman–Crippen LogP) is 15.8. The SMILES string of the molecule is C.C.C.C.C.C.C.C.CC(=N[S@](=O)C(C)(C)C)c1nccs1.CC(=O)c1nccs1.CCS(=O)(=O)C[C@](C)(N[S@](=O)C(C)(C)C)c1nccs1.CNS(=O)(=O)C[C@](C)(N)c1nccs1.CNS(=O)(=O)C[C@](C)(NC(=S)NC(=O)c1ccccc1)c1nccs1.COc1ccc(CN(C)S(=O)(=O)C[C@](C)(N)c2nccs2)cc1.COc1ccc(CN(C)S(C)(=O)=O)cc1.COc1ccc(CN)cc1. The third-order valence-electron chi connectivity index (χ3n) is 17.0. The van der Waals surface area contributed by atoms with E-state index in [0.717, 1.165) is 44.7 Å². The van der Waals surface area contributed by atoms with E-state index in [0.29, 0.717) is 43.7 Å². The molecule has 0 bridgehead atoms. The number of Topliss-reactive ketones (excluding diaryl/α,β-unsaturated/α-hetero) is 1. The summed E-state index contributed by atoms with van der Waals surface area (Å²) in [5, 5.41) is 20.1. The molecule has 0 spiro atoms. The van der Waals surface area contributed by atoms with Crippen LogP contribution in [0.1, 0.15) is 211 Å². The fraction of sp³-hybridized carbons (Fsp3) is 0.483. The van der Waals surface area contributed by atoms with Gasteiger partial charge in [-0.1, -0.05) is 121 Å². The summed E-state index contributed by atoms with van der Waals surface area (Å²) in [7, 11) is -8.63. The standard InChI is InChI=1S/C15H18N4O3S3.C15H21N3O3S2.C12H22N2O3S3.C10H15NO3S.C9H14N2OS2.C8H11NO.C7H13N3O2S2.C5H5NOS.8CH4/c1-15(10-25(21,22)16-2,13-17-8-9-24-13)19-14(23)18-12(20)11-6-4-3-5-7-11;1-15(16,14-17-8-9-22-14)11-23(19,20)18(2)10-12-4-6-13(21-3)7-5-12;1-6-20(16,17)9-12(5,10-13-7-8-18-10)14-19(15)11(2,3)4;1-11(15(3,12)13)8-9-4-6-10(14-2)7-5-9;1-7(8-10-5-6-13-8)11-14(12)9(2,3)4;1-10-8-4-2-7(6-9)3-5-8;1-7(8,5-14(11,12)9-2)6-10-3-4-13-6;1-4(7)5-6-2-3-8-5;;;;;;;;/h3-9,16H,10H2,1-2H3,(H2,18,19,20,23);4-9H,10-11,16H2,1-3H3;7-8,14H,6,9H2,1-5H3;4-7H,8H2,1-3H3;5-6H,1-4H3;2-5H,6,9H2,1H3;3-4,9H,5,8H2,1-2H3;2-3H,1H3;8*1H4/t2*15-;12-,19+;;14-;;7-;;;;;;;;;/m000.1.0........./s1. The quantitative estimate of drug-likeness (QED) is 0.0110. The van der Waals surface area contributed by atoms with Gasteiger partial charge in [-0.2, -0.15) is 4.40 Å². The van der Waals surface area contributed by atoms with Gasteiger partial charge in [0.2, 0.25) is 40.1 Å². The minimum atomic E-state index is -3.55. The molecule has 0 aliphatic heterocycles. The van der Waals surface area contributed by atoms with Crippen molar-refractivity contribution in [3.05, 3.63) is 225 Å². The lowest BCUT2D eigenvalue weighted by atomic mass is 10.1. The van der Waals surface area contributed by atoms with Crippen LogP contribution in [0.25, 0.3) is 0 Å². The van der Waals surface area contributed by atoms with Gasteiger partial charge in [0.05, 0.1) is 93.4 Å². The summed E-state index contributed by atoms with van der Waals surface area (Å²) < 4.78 is 171. The summed E-state index contributed by atoms with van der Waals surface area (Å²) in [4.78, 5) is 47.1. The van der Waals surface area contributed by atoms with Crippen molar-refractivity contribution in [2.75, 3.05) is 84.5 Å². The van der Waals surface area contributed by atoms with Gasteiger partial charge in [-0.25, -0.2) is 103 Å². The summed E-state index contributed by atoms with van der Waals surface area (Å²) >= 11 is 13.4. The van der Waals surface area contributed by atoms with Crippen LogP contribution in [0.5, 0.6) is 17.2 Å². The van der Waals surface area contributed by atoms with Crippen LogP contribution in [0.2, 0.25) is 0 Å². The molecule has 137 heavy (non-hydrogen) atoms. The van der Waals surface area contributed by atoms with Gasteiger partial charge in [0.1, 0.15) is 58.8 Å². The van der Waals surface area contributed by atoms with Crippen molar-refractivity contribution in [3.8, 4) is 17.2 Å². The fourth-order valence-electron chi connectivity index (χ4n) is 9.82. The second kappa shape index (κ2) is 64.8. The Labute approximate surface area is 853 Å². The predicted molar refractivity (Wildman–Crippen MR) is 584 cm³/mol. The van der Waals surface area contributed by atoms with E-state index in [9.17, 15) is 60.1 Å². The molecule has 0 aliphatic rings. The number of ether oxygens (including phenoxy) is 3. The van der Waals surface area contributed by atoms with Crippen LogP contribution >= 0.6 is 80.2 Å². The number of thiocarbonyl (C=S) groups is 1. The van der Waals surface area contributed by atoms with E-state index in [1.165, 1.54) is 104 Å². The third-order valence-corrected chi connectivity index (χ3v) is 34.7. The molecule has 10 aromatic rings. The number of hydrogen-bond acceptors (Lipinski definition) is 33. The number of hydrogen-bond donors (Lipinski definition) is 8. The maximum Gasteiger partial charge on any atom is 0.257 e. The van der Waals surface area contributed by atoms with Crippen molar-refractivity contribution in [2.24, 2.45) is 21.6 Å². The molecule has 6 heterocycles. The molecular formula is C89H151N17O17S14. The van der Waals surface area contributed by atoms with E-state index in [1.54, 1.807) is 177 Å². The molecule has 0 unspecified atom stereocenters. The molecule has 10 rings (SSSR count). The van der Waals surface area contributed by atoms with Crippen molar-refractivity contribution < 1.29 is 74.3 Å². The molecule has 11 N–H and O–H groups in total. The molecule has 0 fully saturated rings. The molecule has 0 saturated carbocycles. The maximum atomic E-state index is 12.6. The van der Waals surface area contributed by atoms with Crippen molar-refractivity contribution in [2.45, 2.75) is 201 Å². The number of ketones is 1. The summed E-state index contributed by atoms with van der Waals surface area (Å²) in [5.41, 5.74) is 17.6. The minimum Gasteiger partial charge on any atom is -0.497 e. The lowest BCUT2D eigenvalue weighted by Gasteiger charge is -2.31. The first-order valence-corrected chi connectivity index (χ1v) is 55.2. The van der Waals surface area contributed by atoms with Crippen LogP contribution in [0.3, 0.4) is 0 Å². The van der Waals surface area contributed by atoms with Crippen molar-refractivity contribution >= 4 is 175 Å². The van der Waals surface area contributed by atoms with E-state index in [-0.39, 0.29) is 116 Å². The number of aromatic nitrogens is 6. The number of methoxy groups -OCH3 is 3. The third kappa shape index (κ3) is 51.7. The highest BCUT2D eigenvalue weighted by molar-refractivity contribution is 7.91. The number of sulfone groups is 1. The van der Waals surface area contributed by atoms with Gasteiger partial charge < -0.3 is 36.7 Å². The average Bonchev–Trinajstić information content (AvgIpc) is 1.77. The summed E-state index contributed by atoms with van der Waals surface area (Å²) in [5.74, 6) is 1.32. The van der Waals surface area contributed by atoms with E-state index in [4.69, 9.17) is 43.6 Å². The van der Waals surface area contributed by atoms with Crippen LogP contribution < -0.4 is 56.2 Å². The van der Waals surface area contributed by atoms with Gasteiger partial charge in [0.25, 0.3) is 5.91 Å². The zero-order chi connectivity index (χ0) is 97.6. The molecule has 6 atom stereocenters. The summed E-state index contributed by atoms with van der Waals surface area (Å²) in [6.07, 6.45) is 11.0. The number of rotatable bonds is 32. The molecule has 6 aromatic heterocycles. The Kier molecular flexibility index (Phi) is 66.3. The Balaban J connectivity index is -0.000000362. The second-order valence-electron chi connectivity index (χ2n) is 30.8. The van der Waals surface area contributed by atoms with Gasteiger partial charge in [-0.05, 0) is 168 Å². The normalized spacial score (nSPS) is 13.3. The molecular weight excluding hydrogens is 2030 g/mol. The number of sulfonamides is 4. The van der Waals surface area contributed by atoms with Crippen LogP contribution in [-0.2, 0) is 114 Å². The number of carbonyl (C=O) groups excluding carboxylic acids is 2. The Morgan fingerprint density at radius 1 is 0.482 bits per heavy atom. The average molecular weight is 2180 g/mol. The first-order chi connectivity index (χ1) is 59.9. The molecule has 0 saturated heterocycles. The Hall–Kier alpha value is -7.51. The molecule has 1 amide bonds.